The van der Waals surface area contributed by atoms with Crippen LogP contribution in [0, 0.1) is 0 Å². The maximum Gasteiger partial charge on any atom is 0.155 e. The van der Waals surface area contributed by atoms with Gasteiger partial charge in [-0.25, -0.2) is 0 Å². The summed E-state index contributed by atoms with van der Waals surface area (Å²) in [5.74, 6) is 0.417. The third kappa shape index (κ3) is 4.45. The predicted octanol–water partition coefficient (Wildman–Crippen LogP) is 2.86. The summed E-state index contributed by atoms with van der Waals surface area (Å²) in [6, 6.07) is 6.96. The van der Waals surface area contributed by atoms with Crippen molar-refractivity contribution in [1.82, 2.24) is 0 Å². The second kappa shape index (κ2) is 6.02. The van der Waals surface area contributed by atoms with E-state index in [1.807, 2.05) is 25.1 Å². The molecule has 0 aromatic heterocycles. The van der Waals surface area contributed by atoms with Gasteiger partial charge in [0.15, 0.2) is 5.78 Å². The minimum atomic E-state index is 0.157. The van der Waals surface area contributed by atoms with Gasteiger partial charge in [0.05, 0.1) is 0 Å². The zero-order chi connectivity index (χ0) is 11.1. The number of ketones is 1. The van der Waals surface area contributed by atoms with Crippen LogP contribution in [0.3, 0.4) is 0 Å². The number of benzene rings is 1. The molecule has 0 aliphatic rings. The zero-order valence-corrected chi connectivity index (χ0v) is 8.94. The molecule has 0 spiro atoms. The molecule has 0 saturated heterocycles. The molecule has 0 fully saturated rings. The molecule has 0 radical (unpaired) electrons. The largest absolute Gasteiger partial charge is 0.508 e. The highest BCUT2D eigenvalue weighted by molar-refractivity contribution is 5.89. The minimum absolute atomic E-state index is 0.157. The van der Waals surface area contributed by atoms with E-state index in [4.69, 9.17) is 5.11 Å². The van der Waals surface area contributed by atoms with Crippen LogP contribution in [0.1, 0.15) is 25.3 Å². The fourth-order valence-electron chi connectivity index (χ4n) is 1.26. The first kappa shape index (κ1) is 11.5. The number of phenols is 1. The van der Waals surface area contributed by atoms with Crippen molar-refractivity contribution in [2.45, 2.75) is 26.2 Å². The van der Waals surface area contributed by atoms with E-state index in [0.29, 0.717) is 6.42 Å². The number of phenolic OH excluding ortho intramolecular Hbond substituents is 1. The number of carbonyl (C=O) groups is 1. The van der Waals surface area contributed by atoms with Crippen LogP contribution in [0.4, 0.5) is 0 Å². The summed E-state index contributed by atoms with van der Waals surface area (Å²) in [5.41, 5.74) is 1.08. The Kier molecular flexibility index (Phi) is 4.61. The summed E-state index contributed by atoms with van der Waals surface area (Å²) < 4.78 is 0. The van der Waals surface area contributed by atoms with Crippen LogP contribution in [-0.2, 0) is 11.2 Å². The second-order valence-electron chi connectivity index (χ2n) is 3.44. The molecule has 2 heteroatoms. The average Bonchev–Trinajstić information content (AvgIpc) is 2.25. The quantitative estimate of drug-likeness (QED) is 0.749. The number of hydrogen-bond donors (Lipinski definition) is 1. The molecular weight excluding hydrogens is 188 g/mol. The average molecular weight is 204 g/mol. The molecule has 0 aliphatic carbocycles. The van der Waals surface area contributed by atoms with Crippen LogP contribution in [-0.4, -0.2) is 10.9 Å². The molecule has 2 nitrogen and oxygen atoms in total. The Morgan fingerprint density at radius 1 is 1.33 bits per heavy atom. The lowest BCUT2D eigenvalue weighted by atomic mass is 10.1. The van der Waals surface area contributed by atoms with Crippen LogP contribution in [0.2, 0.25) is 0 Å². The lowest BCUT2D eigenvalue weighted by Crippen LogP contribution is -1.95. The number of hydrogen-bond acceptors (Lipinski definition) is 2. The number of allylic oxidation sites excluding steroid dienone is 2. The van der Waals surface area contributed by atoms with Crippen molar-refractivity contribution in [3.8, 4) is 5.75 Å². The maximum absolute atomic E-state index is 11.3. The Hall–Kier alpha value is -1.57. The van der Waals surface area contributed by atoms with Crippen LogP contribution in [0.15, 0.2) is 36.4 Å². The predicted molar refractivity (Wildman–Crippen MR) is 60.9 cm³/mol. The Labute approximate surface area is 90.3 Å². The molecule has 1 N–H and O–H groups in total. The Morgan fingerprint density at radius 3 is 2.60 bits per heavy atom. The van der Waals surface area contributed by atoms with E-state index in [0.717, 1.165) is 18.4 Å². The number of rotatable bonds is 5. The standard InChI is InChI=1S/C13H16O2/c1-2-3-4-12(14)8-5-11-6-9-13(15)10-7-11/h3-4,6-7,9-10,15H,2,5,8H2,1H3/b4-3+. The van der Waals surface area contributed by atoms with Gasteiger partial charge in [-0.1, -0.05) is 25.1 Å². The van der Waals surface area contributed by atoms with E-state index in [1.54, 1.807) is 18.2 Å². The summed E-state index contributed by atoms with van der Waals surface area (Å²) in [6.07, 6.45) is 5.67. The highest BCUT2D eigenvalue weighted by Crippen LogP contribution is 2.11. The first-order valence-electron chi connectivity index (χ1n) is 5.19. The molecule has 1 rings (SSSR count). The van der Waals surface area contributed by atoms with Crippen LogP contribution < -0.4 is 0 Å². The van der Waals surface area contributed by atoms with Crippen molar-refractivity contribution < 1.29 is 9.90 Å². The van der Waals surface area contributed by atoms with Crippen molar-refractivity contribution in [2.75, 3.05) is 0 Å². The highest BCUT2D eigenvalue weighted by atomic mass is 16.3. The zero-order valence-electron chi connectivity index (χ0n) is 8.94. The van der Waals surface area contributed by atoms with Crippen molar-refractivity contribution in [3.63, 3.8) is 0 Å². The molecule has 1 aromatic rings. The molecule has 0 atom stereocenters. The van der Waals surface area contributed by atoms with Gasteiger partial charge in [0.1, 0.15) is 5.75 Å². The van der Waals surface area contributed by atoms with Crippen molar-refractivity contribution in [2.24, 2.45) is 0 Å². The summed E-state index contributed by atoms with van der Waals surface area (Å²) in [6.45, 7) is 2.00. The monoisotopic (exact) mass is 204 g/mol. The van der Waals surface area contributed by atoms with Gasteiger partial charge in [0, 0.05) is 6.42 Å². The SMILES string of the molecule is CC/C=C/C(=O)CCc1ccc(O)cc1. The van der Waals surface area contributed by atoms with Gasteiger partial charge in [0.25, 0.3) is 0 Å². The Balaban J connectivity index is 2.40. The molecule has 0 heterocycles. The minimum Gasteiger partial charge on any atom is -0.508 e. The van der Waals surface area contributed by atoms with Crippen molar-refractivity contribution >= 4 is 5.78 Å². The molecule has 1 aromatic carbocycles. The van der Waals surface area contributed by atoms with Crippen LogP contribution in [0.5, 0.6) is 5.75 Å². The molecule has 15 heavy (non-hydrogen) atoms. The Morgan fingerprint density at radius 2 is 2.00 bits per heavy atom. The van der Waals surface area contributed by atoms with Crippen molar-refractivity contribution in [1.29, 1.82) is 0 Å². The number of carbonyl (C=O) groups excluding carboxylic acids is 1. The summed E-state index contributed by atoms with van der Waals surface area (Å²) in [4.78, 5) is 11.3. The van der Waals surface area contributed by atoms with E-state index in [2.05, 4.69) is 0 Å². The highest BCUT2D eigenvalue weighted by Gasteiger charge is 1.98. The molecule has 0 amide bonds. The number of aromatic hydroxyl groups is 1. The molecule has 0 unspecified atom stereocenters. The van der Waals surface area contributed by atoms with Crippen molar-refractivity contribution in [3.05, 3.63) is 42.0 Å². The lowest BCUT2D eigenvalue weighted by Gasteiger charge is -1.99. The molecule has 0 bridgehead atoms. The first-order chi connectivity index (χ1) is 7.22. The van der Waals surface area contributed by atoms with E-state index in [-0.39, 0.29) is 11.5 Å². The number of aryl methyl sites for hydroxylation is 1. The van der Waals surface area contributed by atoms with Gasteiger partial charge >= 0.3 is 0 Å². The van der Waals surface area contributed by atoms with Crippen LogP contribution in [0.25, 0.3) is 0 Å². The van der Waals surface area contributed by atoms with Gasteiger partial charge < -0.3 is 5.11 Å². The molecule has 0 saturated carbocycles. The summed E-state index contributed by atoms with van der Waals surface area (Å²) >= 11 is 0. The fourth-order valence-corrected chi connectivity index (χ4v) is 1.26. The topological polar surface area (TPSA) is 37.3 Å². The molecule has 0 aliphatic heterocycles. The fraction of sp³-hybridized carbons (Fsp3) is 0.308. The maximum atomic E-state index is 11.3. The van der Waals surface area contributed by atoms with Gasteiger partial charge in [0.2, 0.25) is 0 Å². The third-order valence-corrected chi connectivity index (χ3v) is 2.14. The van der Waals surface area contributed by atoms with E-state index >= 15 is 0 Å². The first-order valence-corrected chi connectivity index (χ1v) is 5.19. The van der Waals surface area contributed by atoms with E-state index < -0.39 is 0 Å². The normalized spacial score (nSPS) is 10.7. The van der Waals surface area contributed by atoms with Gasteiger partial charge in [-0.15, -0.1) is 0 Å². The smallest absolute Gasteiger partial charge is 0.155 e. The van der Waals surface area contributed by atoms with E-state index in [9.17, 15) is 4.79 Å². The lowest BCUT2D eigenvalue weighted by molar-refractivity contribution is -0.114. The van der Waals surface area contributed by atoms with Gasteiger partial charge in [-0.05, 0) is 36.6 Å². The summed E-state index contributed by atoms with van der Waals surface area (Å²) in [5, 5.41) is 9.07. The van der Waals surface area contributed by atoms with Gasteiger partial charge in [-0.3, -0.25) is 4.79 Å². The van der Waals surface area contributed by atoms with Gasteiger partial charge in [-0.2, -0.15) is 0 Å². The molecular formula is C13H16O2. The Bertz CT molecular complexity index is 336. The summed E-state index contributed by atoms with van der Waals surface area (Å²) in [7, 11) is 0. The second-order valence-corrected chi connectivity index (χ2v) is 3.44. The third-order valence-electron chi connectivity index (χ3n) is 2.14. The molecule has 80 valence electrons. The van der Waals surface area contributed by atoms with Crippen LogP contribution >= 0.6 is 0 Å². The van der Waals surface area contributed by atoms with E-state index in [1.165, 1.54) is 0 Å².